The van der Waals surface area contributed by atoms with Crippen LogP contribution in [-0.4, -0.2) is 16.6 Å². The predicted molar refractivity (Wildman–Crippen MR) is 105 cm³/mol. The monoisotopic (exact) mass is 363 g/mol. The van der Waals surface area contributed by atoms with Crippen LogP contribution in [0.1, 0.15) is 55.4 Å². The molecule has 1 N–H and O–H groups in total. The van der Waals surface area contributed by atoms with E-state index in [2.05, 4.69) is 4.98 Å². The number of H-pyrrole nitrogens is 1. The highest BCUT2D eigenvalue weighted by molar-refractivity contribution is 6.07. The van der Waals surface area contributed by atoms with E-state index in [4.69, 9.17) is 4.42 Å². The number of Topliss-reactive ketones (excluding diaryl/α,β-unsaturated/α-hetero) is 2. The van der Waals surface area contributed by atoms with E-state index < -0.39 is 11.8 Å². The maximum absolute atomic E-state index is 13.1. The molecule has 0 aliphatic heterocycles. The molecular weight excluding hydrogens is 338 g/mol. The first kappa shape index (κ1) is 17.8. The molecular formula is C23H25NO3. The molecule has 1 fully saturated rings. The molecule has 1 saturated carbocycles. The average molecular weight is 363 g/mol. The van der Waals surface area contributed by atoms with Crippen LogP contribution in [0.5, 0.6) is 0 Å². The van der Waals surface area contributed by atoms with Crippen molar-refractivity contribution in [2.24, 2.45) is 11.3 Å². The van der Waals surface area contributed by atoms with Crippen molar-refractivity contribution in [3.63, 3.8) is 0 Å². The number of benzene rings is 1. The molecule has 3 aromatic rings. The van der Waals surface area contributed by atoms with E-state index in [1.807, 2.05) is 64.1 Å². The lowest BCUT2D eigenvalue weighted by Crippen LogP contribution is -2.41. The molecule has 0 radical (unpaired) electrons. The second kappa shape index (κ2) is 6.22. The number of aromatic amines is 1. The Morgan fingerprint density at radius 2 is 1.70 bits per heavy atom. The van der Waals surface area contributed by atoms with Gasteiger partial charge in [0.15, 0.2) is 0 Å². The fourth-order valence-corrected chi connectivity index (χ4v) is 4.57. The van der Waals surface area contributed by atoms with Crippen LogP contribution in [0.25, 0.3) is 10.9 Å². The molecule has 1 unspecified atom stereocenters. The molecule has 0 amide bonds. The van der Waals surface area contributed by atoms with Crippen LogP contribution >= 0.6 is 0 Å². The van der Waals surface area contributed by atoms with Crippen molar-refractivity contribution in [2.45, 2.75) is 46.5 Å². The fourth-order valence-electron chi connectivity index (χ4n) is 4.57. The number of hydrogen-bond acceptors (Lipinski definition) is 3. The second-order valence-corrected chi connectivity index (χ2v) is 8.56. The van der Waals surface area contributed by atoms with Gasteiger partial charge in [0, 0.05) is 29.4 Å². The van der Waals surface area contributed by atoms with Crippen LogP contribution in [0, 0.1) is 25.2 Å². The lowest BCUT2D eigenvalue weighted by atomic mass is 9.66. The maximum atomic E-state index is 13.1. The number of para-hydroxylation sites is 1. The van der Waals surface area contributed by atoms with Gasteiger partial charge in [-0.15, -0.1) is 0 Å². The van der Waals surface area contributed by atoms with Crippen molar-refractivity contribution in [2.75, 3.05) is 0 Å². The summed E-state index contributed by atoms with van der Waals surface area (Å²) in [6.07, 6.45) is 0.835. The number of ketones is 2. The Morgan fingerprint density at radius 3 is 2.33 bits per heavy atom. The Morgan fingerprint density at radius 1 is 1.04 bits per heavy atom. The predicted octanol–water partition coefficient (Wildman–Crippen LogP) is 5.08. The molecule has 0 spiro atoms. The van der Waals surface area contributed by atoms with Gasteiger partial charge in [0.1, 0.15) is 23.1 Å². The minimum atomic E-state index is -0.693. The van der Waals surface area contributed by atoms with Gasteiger partial charge in [0.25, 0.3) is 0 Å². The number of carbonyl (C=O) groups excluding carboxylic acids is 2. The summed E-state index contributed by atoms with van der Waals surface area (Å²) < 4.78 is 5.96. The molecule has 4 nitrogen and oxygen atoms in total. The molecule has 2 heterocycles. The van der Waals surface area contributed by atoms with E-state index in [1.165, 1.54) is 0 Å². The highest BCUT2D eigenvalue weighted by Gasteiger charge is 2.46. The standard InChI is InChI=1S/C23H25NO3/c1-13-9-10-19(27-13)22(21-17(25)11-23(3,4)12-18(21)26)20-14(2)24-16-8-6-5-7-15(16)20/h5-10,21-22,24H,11-12H2,1-4H3. The maximum Gasteiger partial charge on any atom is 0.144 e. The van der Waals surface area contributed by atoms with Crippen LogP contribution < -0.4 is 0 Å². The van der Waals surface area contributed by atoms with Gasteiger partial charge in [0.2, 0.25) is 0 Å². The summed E-state index contributed by atoms with van der Waals surface area (Å²) in [6, 6.07) is 11.8. The lowest BCUT2D eigenvalue weighted by Gasteiger charge is -2.35. The molecule has 1 aliphatic rings. The first-order valence-electron chi connectivity index (χ1n) is 9.46. The van der Waals surface area contributed by atoms with Crippen LogP contribution in [0.3, 0.4) is 0 Å². The van der Waals surface area contributed by atoms with E-state index in [0.717, 1.165) is 27.9 Å². The number of aromatic nitrogens is 1. The zero-order valence-corrected chi connectivity index (χ0v) is 16.3. The summed E-state index contributed by atoms with van der Waals surface area (Å²) in [5, 5.41) is 1.04. The van der Waals surface area contributed by atoms with Crippen LogP contribution in [0.4, 0.5) is 0 Å². The fraction of sp³-hybridized carbons (Fsp3) is 0.391. The molecule has 27 heavy (non-hydrogen) atoms. The van der Waals surface area contributed by atoms with Gasteiger partial charge >= 0.3 is 0 Å². The van der Waals surface area contributed by atoms with E-state index in [9.17, 15) is 9.59 Å². The largest absolute Gasteiger partial charge is 0.466 e. The molecule has 4 heteroatoms. The van der Waals surface area contributed by atoms with E-state index >= 15 is 0 Å². The summed E-state index contributed by atoms with van der Waals surface area (Å²) in [7, 11) is 0. The van der Waals surface area contributed by atoms with E-state index in [-0.39, 0.29) is 17.0 Å². The van der Waals surface area contributed by atoms with Crippen molar-refractivity contribution >= 4 is 22.5 Å². The number of nitrogens with one attached hydrogen (secondary N) is 1. The van der Waals surface area contributed by atoms with Crippen LogP contribution in [0.2, 0.25) is 0 Å². The number of furan rings is 1. The molecule has 2 aromatic heterocycles. The zero-order chi connectivity index (χ0) is 19.3. The molecule has 140 valence electrons. The normalized spacial score (nSPS) is 19.0. The Balaban J connectivity index is 1.92. The summed E-state index contributed by atoms with van der Waals surface area (Å²) >= 11 is 0. The number of carbonyl (C=O) groups is 2. The molecule has 1 aromatic carbocycles. The zero-order valence-electron chi connectivity index (χ0n) is 16.3. The Kier molecular flexibility index (Phi) is 4.10. The van der Waals surface area contributed by atoms with Gasteiger partial charge in [-0.2, -0.15) is 0 Å². The third-order valence-electron chi connectivity index (χ3n) is 5.65. The smallest absolute Gasteiger partial charge is 0.144 e. The second-order valence-electron chi connectivity index (χ2n) is 8.56. The summed E-state index contributed by atoms with van der Waals surface area (Å²) in [5.41, 5.74) is 2.70. The molecule has 4 rings (SSSR count). The molecule has 1 aliphatic carbocycles. The minimum absolute atomic E-state index is 0.0139. The van der Waals surface area contributed by atoms with Crippen molar-refractivity contribution in [1.82, 2.24) is 4.98 Å². The van der Waals surface area contributed by atoms with Crippen molar-refractivity contribution in [3.8, 4) is 0 Å². The summed E-state index contributed by atoms with van der Waals surface area (Å²) in [5.74, 6) is 0.405. The number of aryl methyl sites for hydroxylation is 2. The minimum Gasteiger partial charge on any atom is -0.466 e. The SMILES string of the molecule is Cc1ccc(C(c2c(C)[nH]c3ccccc23)C2C(=O)CC(C)(C)CC2=O)o1. The van der Waals surface area contributed by atoms with Gasteiger partial charge in [-0.1, -0.05) is 32.0 Å². The quantitative estimate of drug-likeness (QED) is 0.660. The average Bonchev–Trinajstić information content (AvgIpc) is 3.13. The van der Waals surface area contributed by atoms with E-state index in [0.29, 0.717) is 18.6 Å². The van der Waals surface area contributed by atoms with Crippen LogP contribution in [-0.2, 0) is 9.59 Å². The first-order chi connectivity index (χ1) is 12.8. The highest BCUT2D eigenvalue weighted by Crippen LogP contribution is 2.45. The van der Waals surface area contributed by atoms with Crippen molar-refractivity contribution < 1.29 is 14.0 Å². The number of hydrogen-bond donors (Lipinski definition) is 1. The first-order valence-corrected chi connectivity index (χ1v) is 9.46. The lowest BCUT2D eigenvalue weighted by molar-refractivity contribution is -0.140. The highest BCUT2D eigenvalue weighted by atomic mass is 16.3. The Labute approximate surface area is 159 Å². The Bertz CT molecular complexity index is 1020. The molecule has 1 atom stereocenters. The summed E-state index contributed by atoms with van der Waals surface area (Å²) in [6.45, 7) is 7.86. The molecule has 0 saturated heterocycles. The third kappa shape index (κ3) is 3.03. The Hall–Kier alpha value is -2.62. The van der Waals surface area contributed by atoms with Gasteiger partial charge < -0.3 is 9.40 Å². The summed E-state index contributed by atoms with van der Waals surface area (Å²) in [4.78, 5) is 29.6. The van der Waals surface area contributed by atoms with Crippen molar-refractivity contribution in [3.05, 3.63) is 59.2 Å². The number of fused-ring (bicyclic) bond motifs is 1. The van der Waals surface area contributed by atoms with Gasteiger partial charge in [-0.05, 0) is 43.0 Å². The van der Waals surface area contributed by atoms with E-state index in [1.54, 1.807) is 0 Å². The third-order valence-corrected chi connectivity index (χ3v) is 5.65. The van der Waals surface area contributed by atoms with Gasteiger partial charge in [0.05, 0.1) is 11.8 Å². The number of rotatable bonds is 3. The molecule has 0 bridgehead atoms. The van der Waals surface area contributed by atoms with Crippen molar-refractivity contribution in [1.29, 1.82) is 0 Å². The van der Waals surface area contributed by atoms with Gasteiger partial charge in [-0.25, -0.2) is 0 Å². The van der Waals surface area contributed by atoms with Gasteiger partial charge in [-0.3, -0.25) is 9.59 Å². The topological polar surface area (TPSA) is 63.1 Å². The van der Waals surface area contributed by atoms with Crippen LogP contribution in [0.15, 0.2) is 40.8 Å².